The van der Waals surface area contributed by atoms with Crippen LogP contribution < -0.4 is 20.2 Å². The van der Waals surface area contributed by atoms with Gasteiger partial charge in [-0.2, -0.15) is 0 Å². The smallest absolute Gasteiger partial charge is 0.531 e. The molecule has 0 amide bonds. The van der Waals surface area contributed by atoms with Gasteiger partial charge in [0.15, 0.2) is 0 Å². The van der Waals surface area contributed by atoms with E-state index in [4.69, 9.17) is 23.9 Å². The van der Waals surface area contributed by atoms with Gasteiger partial charge < -0.3 is 13.9 Å². The molecule has 0 spiro atoms. The van der Waals surface area contributed by atoms with Crippen LogP contribution in [-0.2, 0) is 4.57 Å². The van der Waals surface area contributed by atoms with Crippen molar-refractivity contribution in [2.75, 3.05) is 0 Å². The highest BCUT2D eigenvalue weighted by Gasteiger charge is 2.38. The van der Waals surface area contributed by atoms with Gasteiger partial charge in [0, 0.05) is 23.4 Å². The molecule has 0 fully saturated rings. The van der Waals surface area contributed by atoms with Gasteiger partial charge in [-0.05, 0) is 60.4 Å². The molecule has 5 nitrogen and oxygen atoms in total. The van der Waals surface area contributed by atoms with Gasteiger partial charge in [0.25, 0.3) is 0 Å². The summed E-state index contributed by atoms with van der Waals surface area (Å²) in [5.74, 6) is 1.27. The molecular formula is C28H22B2N2O3. The van der Waals surface area contributed by atoms with Crippen molar-refractivity contribution in [2.45, 2.75) is 13.8 Å². The molecule has 0 radical (unpaired) electrons. The van der Waals surface area contributed by atoms with Crippen molar-refractivity contribution in [3.05, 3.63) is 107 Å². The van der Waals surface area contributed by atoms with Crippen molar-refractivity contribution >= 4 is 49.0 Å². The van der Waals surface area contributed by atoms with Gasteiger partial charge in [-0.25, -0.2) is 0 Å². The third kappa shape index (κ3) is 4.27. The van der Waals surface area contributed by atoms with Crippen LogP contribution in [0, 0.1) is 13.8 Å². The number of rotatable bonds is 0. The number of aliphatic imine (C=N–C) groups is 2. The van der Waals surface area contributed by atoms with Crippen LogP contribution in [0.15, 0.2) is 94.9 Å². The maximum Gasteiger partial charge on any atom is 0.550 e. The summed E-state index contributed by atoms with van der Waals surface area (Å²) in [5, 5.41) is 0. The van der Waals surface area contributed by atoms with E-state index in [9.17, 15) is 0 Å². The average Bonchev–Trinajstić information content (AvgIpc) is 2.87. The quantitative estimate of drug-likeness (QED) is 0.361. The number of hydrogen-bond donors (Lipinski definition) is 0. The van der Waals surface area contributed by atoms with E-state index in [-0.39, 0.29) is 0 Å². The van der Waals surface area contributed by atoms with Crippen LogP contribution in [0.25, 0.3) is 0 Å². The van der Waals surface area contributed by atoms with Crippen LogP contribution in [0.4, 0.5) is 11.4 Å². The Kier molecular flexibility index (Phi) is 5.47. The maximum atomic E-state index is 6.66. The van der Waals surface area contributed by atoms with E-state index < -0.39 is 14.2 Å². The molecule has 0 aromatic heterocycles. The number of nitrogens with zero attached hydrogens (tertiary/aromatic N) is 2. The van der Waals surface area contributed by atoms with Gasteiger partial charge in [-0.1, -0.05) is 60.7 Å². The van der Waals surface area contributed by atoms with E-state index in [1.54, 1.807) is 0 Å². The Hall–Kier alpha value is -4.09. The first-order valence-corrected chi connectivity index (χ1v) is 11.6. The lowest BCUT2D eigenvalue weighted by Crippen LogP contribution is -2.53. The van der Waals surface area contributed by atoms with Crippen LogP contribution in [0.2, 0.25) is 0 Å². The summed E-state index contributed by atoms with van der Waals surface area (Å²) in [6.07, 6.45) is 3.68. The second-order valence-corrected chi connectivity index (χ2v) is 8.75. The van der Waals surface area contributed by atoms with Crippen molar-refractivity contribution in [2.24, 2.45) is 9.98 Å². The summed E-state index contributed by atoms with van der Waals surface area (Å²) in [4.78, 5) is 9.60. The van der Waals surface area contributed by atoms with E-state index in [0.717, 1.165) is 44.6 Å². The van der Waals surface area contributed by atoms with Crippen LogP contribution in [0.3, 0.4) is 0 Å². The van der Waals surface area contributed by atoms with Crippen molar-refractivity contribution in [3.63, 3.8) is 0 Å². The summed E-state index contributed by atoms with van der Waals surface area (Å²) in [7, 11) is -1.50. The second-order valence-electron chi connectivity index (χ2n) is 8.75. The van der Waals surface area contributed by atoms with Gasteiger partial charge in [0.1, 0.15) is 22.9 Å². The van der Waals surface area contributed by atoms with Gasteiger partial charge >= 0.3 is 14.2 Å². The molecular weight excluding hydrogens is 434 g/mol. The summed E-state index contributed by atoms with van der Waals surface area (Å²) < 4.78 is 19.7. The van der Waals surface area contributed by atoms with E-state index in [2.05, 4.69) is 0 Å². The molecule has 2 aliphatic rings. The summed E-state index contributed by atoms with van der Waals surface area (Å²) in [6.45, 7) is 4.08. The first-order chi connectivity index (χ1) is 17.1. The van der Waals surface area contributed by atoms with Crippen LogP contribution in [-0.4, -0.2) is 26.7 Å². The molecule has 2 aliphatic heterocycles. The Morgan fingerprint density at radius 1 is 0.571 bits per heavy atom. The molecule has 0 saturated carbocycles. The Bertz CT molecular complexity index is 1370. The molecule has 6 rings (SSSR count). The minimum Gasteiger partial charge on any atom is -0.531 e. The molecule has 35 heavy (non-hydrogen) atoms. The Balaban J connectivity index is 1.60. The lowest BCUT2D eigenvalue weighted by molar-refractivity contribution is 0.389. The monoisotopic (exact) mass is 456 g/mol. The largest absolute Gasteiger partial charge is 0.550 e. The summed E-state index contributed by atoms with van der Waals surface area (Å²) >= 11 is 0. The van der Waals surface area contributed by atoms with Crippen LogP contribution in [0.5, 0.6) is 11.5 Å². The number of aryl methyl sites for hydroxylation is 2. The van der Waals surface area contributed by atoms with Gasteiger partial charge in [-0.3, -0.25) is 9.98 Å². The van der Waals surface area contributed by atoms with Crippen molar-refractivity contribution in [1.29, 1.82) is 0 Å². The molecule has 2 heterocycles. The first-order valence-electron chi connectivity index (χ1n) is 11.6. The SMILES string of the molecule is Cc1ccc2c(c1)N=Cc1ccccc1B1OB(O2)c2ccccc2C=Nc2cc(C)ccc2O1. The molecule has 0 aliphatic carbocycles. The van der Waals surface area contributed by atoms with Gasteiger partial charge in [0.05, 0.1) is 0 Å². The topological polar surface area (TPSA) is 52.4 Å². The third-order valence-electron chi connectivity index (χ3n) is 6.13. The number of hydrogen-bond acceptors (Lipinski definition) is 5. The molecule has 4 aromatic rings. The maximum absolute atomic E-state index is 6.66. The number of benzene rings is 4. The summed E-state index contributed by atoms with van der Waals surface area (Å²) in [5.41, 5.74) is 7.22. The van der Waals surface area contributed by atoms with E-state index in [0.29, 0.717) is 11.5 Å². The highest BCUT2D eigenvalue weighted by molar-refractivity contribution is 6.76. The standard InChI is InChI=1S/C28H22B2N2O3/c1-19-11-13-27-25(15-19)31-17-21-7-3-5-9-23(21)30-34-28-14-12-20(2)16-26(28)32-18-22-8-4-6-10-24(22)29(33-27)35-30/h3-18H,1-2H3. The molecule has 168 valence electrons. The van der Waals surface area contributed by atoms with Crippen molar-refractivity contribution in [3.8, 4) is 11.5 Å². The van der Waals surface area contributed by atoms with Gasteiger partial charge in [0.2, 0.25) is 0 Å². The molecule has 0 unspecified atom stereocenters. The zero-order valence-electron chi connectivity index (χ0n) is 19.5. The molecule has 2 bridgehead atoms. The predicted molar refractivity (Wildman–Crippen MR) is 143 cm³/mol. The molecule has 4 aromatic carbocycles. The molecule has 0 atom stereocenters. The Labute approximate surface area is 205 Å². The number of fused-ring (bicyclic) bond motifs is 8. The Morgan fingerprint density at radius 3 is 1.51 bits per heavy atom. The van der Waals surface area contributed by atoms with E-state index >= 15 is 0 Å². The highest BCUT2D eigenvalue weighted by Crippen LogP contribution is 2.32. The second kappa shape index (κ2) is 8.93. The van der Waals surface area contributed by atoms with Crippen molar-refractivity contribution < 1.29 is 13.9 Å². The zero-order chi connectivity index (χ0) is 23.8. The third-order valence-corrected chi connectivity index (χ3v) is 6.13. The average molecular weight is 456 g/mol. The fourth-order valence-electron chi connectivity index (χ4n) is 4.29. The minimum atomic E-state index is -0.752. The first kappa shape index (κ1) is 21.4. The predicted octanol–water partition coefficient (Wildman–Crippen LogP) is 4.70. The zero-order valence-corrected chi connectivity index (χ0v) is 19.5. The normalized spacial score (nSPS) is 14.0. The molecule has 0 N–H and O–H groups in total. The van der Waals surface area contributed by atoms with E-state index in [1.165, 1.54) is 0 Å². The highest BCUT2D eigenvalue weighted by atomic mass is 16.6. The van der Waals surface area contributed by atoms with E-state index in [1.807, 2.05) is 111 Å². The molecule has 7 heteroatoms. The molecule has 0 saturated heterocycles. The summed E-state index contributed by atoms with van der Waals surface area (Å²) in [6, 6.07) is 27.8. The van der Waals surface area contributed by atoms with Gasteiger partial charge in [-0.15, -0.1) is 0 Å². The van der Waals surface area contributed by atoms with Crippen LogP contribution in [0.1, 0.15) is 22.3 Å². The lowest BCUT2D eigenvalue weighted by atomic mass is 9.68. The van der Waals surface area contributed by atoms with Crippen LogP contribution >= 0.6 is 0 Å². The fraction of sp³-hybridized carbons (Fsp3) is 0.0714. The minimum absolute atomic E-state index is 0.634. The fourth-order valence-corrected chi connectivity index (χ4v) is 4.29. The Morgan fingerprint density at radius 2 is 1.03 bits per heavy atom. The van der Waals surface area contributed by atoms with Crippen molar-refractivity contribution in [1.82, 2.24) is 0 Å². The lowest BCUT2D eigenvalue weighted by Gasteiger charge is -2.26.